The second kappa shape index (κ2) is 7.12. The quantitative estimate of drug-likeness (QED) is 0.654. The lowest BCUT2D eigenvalue weighted by molar-refractivity contribution is 0.379. The van der Waals surface area contributed by atoms with E-state index in [4.69, 9.17) is 38.4 Å². The van der Waals surface area contributed by atoms with E-state index in [9.17, 15) is 5.26 Å². The Balaban J connectivity index is 1.93. The highest BCUT2D eigenvalue weighted by Crippen LogP contribution is 2.47. The molecule has 140 valence electrons. The summed E-state index contributed by atoms with van der Waals surface area (Å²) in [5.41, 5.74) is 9.17. The molecule has 6 nitrogen and oxygen atoms in total. The zero-order valence-corrected chi connectivity index (χ0v) is 16.2. The predicted molar refractivity (Wildman–Crippen MR) is 106 cm³/mol. The molecule has 8 heteroatoms. The first-order valence-electron chi connectivity index (χ1n) is 8.28. The van der Waals surface area contributed by atoms with Gasteiger partial charge in [0.2, 0.25) is 11.8 Å². The van der Waals surface area contributed by atoms with E-state index in [1.807, 2.05) is 24.3 Å². The van der Waals surface area contributed by atoms with E-state index in [2.05, 4.69) is 16.3 Å². The van der Waals surface area contributed by atoms with Crippen molar-refractivity contribution in [2.75, 3.05) is 7.11 Å². The van der Waals surface area contributed by atoms with Gasteiger partial charge in [0.05, 0.1) is 24.3 Å². The highest BCUT2D eigenvalue weighted by atomic mass is 35.5. The lowest BCUT2D eigenvalue weighted by Crippen LogP contribution is -2.21. The molecule has 3 aromatic rings. The number of aromatic amines is 1. The maximum absolute atomic E-state index is 9.75. The fourth-order valence-electron chi connectivity index (χ4n) is 3.27. The third-order valence-electron chi connectivity index (χ3n) is 4.59. The summed E-state index contributed by atoms with van der Waals surface area (Å²) >= 11 is 12.5. The maximum Gasteiger partial charge on any atom is 0.244 e. The zero-order valence-electron chi connectivity index (χ0n) is 14.7. The van der Waals surface area contributed by atoms with Crippen LogP contribution in [0.3, 0.4) is 0 Å². The van der Waals surface area contributed by atoms with Crippen molar-refractivity contribution >= 4 is 23.2 Å². The molecule has 0 radical (unpaired) electrons. The van der Waals surface area contributed by atoms with Gasteiger partial charge in [0.25, 0.3) is 0 Å². The van der Waals surface area contributed by atoms with Crippen LogP contribution in [0.1, 0.15) is 17.0 Å². The number of nitriles is 1. The minimum atomic E-state index is -0.547. The van der Waals surface area contributed by atoms with E-state index in [0.717, 1.165) is 11.3 Å². The van der Waals surface area contributed by atoms with Gasteiger partial charge in [-0.05, 0) is 42.0 Å². The second-order valence-corrected chi connectivity index (χ2v) is 6.98. The van der Waals surface area contributed by atoms with Crippen LogP contribution in [-0.2, 0) is 0 Å². The van der Waals surface area contributed by atoms with Gasteiger partial charge in [0, 0.05) is 15.6 Å². The van der Waals surface area contributed by atoms with Crippen molar-refractivity contribution in [2.45, 2.75) is 5.92 Å². The summed E-state index contributed by atoms with van der Waals surface area (Å²) in [6.45, 7) is 0. The molecule has 0 fully saturated rings. The fourth-order valence-corrected chi connectivity index (χ4v) is 3.79. The minimum Gasteiger partial charge on any atom is -0.497 e. The molecule has 0 aliphatic carbocycles. The third kappa shape index (κ3) is 2.95. The molecule has 1 atom stereocenters. The number of aromatic nitrogens is 2. The Hall–Kier alpha value is -3.14. The Labute approximate surface area is 171 Å². The van der Waals surface area contributed by atoms with Crippen LogP contribution < -0.4 is 15.2 Å². The average molecular weight is 413 g/mol. The number of hydrogen-bond donors (Lipinski definition) is 2. The Morgan fingerprint density at radius 2 is 1.96 bits per heavy atom. The van der Waals surface area contributed by atoms with E-state index in [1.54, 1.807) is 25.3 Å². The number of nitrogens with one attached hydrogen (secondary N) is 1. The van der Waals surface area contributed by atoms with E-state index < -0.39 is 5.92 Å². The largest absolute Gasteiger partial charge is 0.497 e. The van der Waals surface area contributed by atoms with Gasteiger partial charge in [0.1, 0.15) is 17.4 Å². The summed E-state index contributed by atoms with van der Waals surface area (Å²) < 4.78 is 10.8. The summed E-state index contributed by atoms with van der Waals surface area (Å²) in [5, 5.41) is 17.9. The monoisotopic (exact) mass is 412 g/mol. The van der Waals surface area contributed by atoms with Gasteiger partial charge in [-0.25, -0.2) is 0 Å². The molecule has 0 saturated heterocycles. The number of ether oxygens (including phenoxy) is 2. The lowest BCUT2D eigenvalue weighted by Gasteiger charge is -2.25. The fraction of sp³-hybridized carbons (Fsp3) is 0.100. The number of benzene rings is 2. The number of nitrogens with zero attached hydrogens (tertiary/aromatic N) is 2. The highest BCUT2D eigenvalue weighted by molar-refractivity contribution is 6.35. The van der Waals surface area contributed by atoms with Crippen LogP contribution in [0.5, 0.6) is 11.6 Å². The highest BCUT2D eigenvalue weighted by Gasteiger charge is 2.36. The molecule has 3 N–H and O–H groups in total. The van der Waals surface area contributed by atoms with Crippen molar-refractivity contribution in [1.29, 1.82) is 5.26 Å². The van der Waals surface area contributed by atoms with Gasteiger partial charge in [-0.2, -0.15) is 5.26 Å². The van der Waals surface area contributed by atoms with Crippen LogP contribution in [0, 0.1) is 11.3 Å². The van der Waals surface area contributed by atoms with E-state index >= 15 is 0 Å². The van der Waals surface area contributed by atoms with Crippen molar-refractivity contribution < 1.29 is 9.47 Å². The number of H-pyrrole nitrogens is 1. The molecule has 2 aromatic carbocycles. The molecule has 28 heavy (non-hydrogen) atoms. The number of allylic oxidation sites excluding steroid dienone is 1. The van der Waals surface area contributed by atoms with Crippen molar-refractivity contribution in [3.63, 3.8) is 0 Å². The van der Waals surface area contributed by atoms with Crippen molar-refractivity contribution in [2.24, 2.45) is 5.73 Å². The van der Waals surface area contributed by atoms with Gasteiger partial charge < -0.3 is 15.2 Å². The van der Waals surface area contributed by atoms with Crippen LogP contribution in [0.25, 0.3) is 11.3 Å². The first-order chi connectivity index (χ1) is 13.5. The number of rotatable bonds is 3. The summed E-state index contributed by atoms with van der Waals surface area (Å²) in [6.07, 6.45) is 0. The molecule has 2 heterocycles. The normalized spacial score (nSPS) is 15.6. The van der Waals surface area contributed by atoms with Gasteiger partial charge in [-0.15, -0.1) is 5.10 Å². The molecule has 0 bridgehead atoms. The molecule has 0 spiro atoms. The summed E-state index contributed by atoms with van der Waals surface area (Å²) in [4.78, 5) is 0. The predicted octanol–water partition coefficient (Wildman–Crippen LogP) is 4.61. The first kappa shape index (κ1) is 18.2. The molecule has 0 saturated carbocycles. The Bertz CT molecular complexity index is 1130. The molecular formula is C20H14Cl2N4O2. The summed E-state index contributed by atoms with van der Waals surface area (Å²) in [7, 11) is 1.60. The Kier molecular flexibility index (Phi) is 4.63. The van der Waals surface area contributed by atoms with Crippen LogP contribution in [-0.4, -0.2) is 17.3 Å². The average Bonchev–Trinajstić information content (AvgIpc) is 3.10. The first-order valence-corrected chi connectivity index (χ1v) is 9.04. The summed E-state index contributed by atoms with van der Waals surface area (Å²) in [6, 6.07) is 14.7. The number of halogens is 2. The molecule has 1 unspecified atom stereocenters. The van der Waals surface area contributed by atoms with Crippen LogP contribution in [0.4, 0.5) is 0 Å². The molecule has 1 aliphatic heterocycles. The maximum atomic E-state index is 9.75. The van der Waals surface area contributed by atoms with E-state index in [0.29, 0.717) is 32.7 Å². The Morgan fingerprint density at radius 1 is 1.21 bits per heavy atom. The molecule has 4 rings (SSSR count). The van der Waals surface area contributed by atoms with Gasteiger partial charge >= 0.3 is 0 Å². The van der Waals surface area contributed by atoms with Gasteiger partial charge in [-0.1, -0.05) is 29.3 Å². The van der Waals surface area contributed by atoms with Crippen LogP contribution in [0.2, 0.25) is 10.0 Å². The smallest absolute Gasteiger partial charge is 0.244 e. The topological polar surface area (TPSA) is 97.0 Å². The van der Waals surface area contributed by atoms with Crippen molar-refractivity contribution in [3.8, 4) is 29.0 Å². The SMILES string of the molecule is COc1ccc(-c2[nH]nc3c2C(c2ccc(Cl)cc2Cl)C(C#N)=C(N)O3)cc1. The number of hydrogen-bond acceptors (Lipinski definition) is 5. The van der Waals surface area contributed by atoms with Crippen LogP contribution >= 0.6 is 23.2 Å². The number of methoxy groups -OCH3 is 1. The molecule has 1 aliphatic rings. The zero-order chi connectivity index (χ0) is 19.8. The van der Waals surface area contributed by atoms with Crippen molar-refractivity contribution in [1.82, 2.24) is 10.2 Å². The molecular weight excluding hydrogens is 399 g/mol. The molecule has 0 amide bonds. The van der Waals surface area contributed by atoms with Gasteiger partial charge in [0.15, 0.2) is 0 Å². The van der Waals surface area contributed by atoms with Crippen molar-refractivity contribution in [3.05, 3.63) is 75.1 Å². The van der Waals surface area contributed by atoms with Crippen LogP contribution in [0.15, 0.2) is 53.9 Å². The number of nitrogens with two attached hydrogens (primary N) is 1. The minimum absolute atomic E-state index is 0.00111. The Morgan fingerprint density at radius 3 is 2.61 bits per heavy atom. The number of fused-ring (bicyclic) bond motifs is 1. The lowest BCUT2D eigenvalue weighted by atomic mass is 9.83. The van der Waals surface area contributed by atoms with E-state index in [-0.39, 0.29) is 11.5 Å². The third-order valence-corrected chi connectivity index (χ3v) is 5.15. The van der Waals surface area contributed by atoms with Gasteiger partial charge in [-0.3, -0.25) is 5.10 Å². The molecule has 1 aromatic heterocycles. The standard InChI is InChI=1S/C20H14Cl2N4O2/c1-27-12-5-2-10(3-6-12)18-17-16(13-7-4-11(21)8-15(13)22)14(9-23)19(24)28-20(17)26-25-18/h2-8,16H,24H2,1H3,(H,25,26). The summed E-state index contributed by atoms with van der Waals surface area (Å²) in [5.74, 6) is 0.485. The second-order valence-electron chi connectivity index (χ2n) is 6.14. The van der Waals surface area contributed by atoms with E-state index in [1.165, 1.54) is 0 Å².